The summed E-state index contributed by atoms with van der Waals surface area (Å²) in [6.07, 6.45) is -3.29. The van der Waals surface area contributed by atoms with E-state index in [0.717, 1.165) is 23.9 Å². The molecule has 0 aliphatic carbocycles. The molecule has 0 spiro atoms. The van der Waals surface area contributed by atoms with Gasteiger partial charge in [0.05, 0.1) is 21.5 Å². The van der Waals surface area contributed by atoms with Gasteiger partial charge in [-0.2, -0.15) is 0 Å². The first-order valence-electron chi connectivity index (χ1n) is 10.5. The number of thioether (sulfide) groups is 1. The van der Waals surface area contributed by atoms with Crippen molar-refractivity contribution >= 4 is 69.4 Å². The van der Waals surface area contributed by atoms with Gasteiger partial charge in [0, 0.05) is 5.69 Å². The molecule has 12 heteroatoms. The van der Waals surface area contributed by atoms with Crippen molar-refractivity contribution in [3.05, 3.63) is 94.1 Å². The molecule has 0 radical (unpaired) electrons. The summed E-state index contributed by atoms with van der Waals surface area (Å²) >= 11 is 13.4. The van der Waals surface area contributed by atoms with Gasteiger partial charge in [-0.3, -0.25) is 14.5 Å². The van der Waals surface area contributed by atoms with Crippen molar-refractivity contribution < 1.29 is 27.5 Å². The summed E-state index contributed by atoms with van der Waals surface area (Å²) in [7, 11) is 0. The zero-order chi connectivity index (χ0) is 26.6. The van der Waals surface area contributed by atoms with E-state index in [2.05, 4.69) is 15.0 Å². The lowest BCUT2D eigenvalue weighted by Gasteiger charge is -2.17. The van der Waals surface area contributed by atoms with Crippen LogP contribution < -0.4 is 15.0 Å². The molecule has 0 atom stereocenters. The Morgan fingerprint density at radius 3 is 2.41 bits per heavy atom. The van der Waals surface area contributed by atoms with Crippen molar-refractivity contribution in [2.24, 2.45) is 4.99 Å². The molecule has 1 aliphatic rings. The van der Waals surface area contributed by atoms with E-state index in [1.54, 1.807) is 48.5 Å². The van der Waals surface area contributed by atoms with Crippen molar-refractivity contribution in [3.8, 4) is 5.75 Å². The van der Waals surface area contributed by atoms with E-state index in [-0.39, 0.29) is 27.3 Å². The highest BCUT2D eigenvalue weighted by molar-refractivity contribution is 8.14. The zero-order valence-electron chi connectivity index (χ0n) is 18.6. The lowest BCUT2D eigenvalue weighted by molar-refractivity contribution is -0.274. The first kappa shape index (κ1) is 26.6. The zero-order valence-corrected chi connectivity index (χ0v) is 21.0. The predicted octanol–water partition coefficient (Wildman–Crippen LogP) is 7.01. The molecule has 4 rings (SSSR count). The number of carbonyl (C=O) groups is 2. The molecule has 0 unspecified atom stereocenters. The standard InChI is InChI=1S/C25H16Cl2F3N3O3S/c26-19-8-4-5-15(22(19)27)13-20-23(35)33(17-6-2-1-3-7-17)24(32-20)37-14-21(34)31-16-9-11-18(12-10-16)36-25(28,29)30/h1-13H,14H2,(H,31,34). The van der Waals surface area contributed by atoms with Crippen molar-refractivity contribution in [1.82, 2.24) is 0 Å². The van der Waals surface area contributed by atoms with Crippen molar-refractivity contribution in [2.45, 2.75) is 6.36 Å². The minimum absolute atomic E-state index is 0.108. The first-order valence-corrected chi connectivity index (χ1v) is 12.3. The van der Waals surface area contributed by atoms with E-state index in [0.29, 0.717) is 16.3 Å². The van der Waals surface area contributed by atoms with Gasteiger partial charge < -0.3 is 10.1 Å². The summed E-state index contributed by atoms with van der Waals surface area (Å²) in [4.78, 5) is 31.6. The average molecular weight is 566 g/mol. The third-order valence-corrected chi connectivity index (χ3v) is 6.59. The average Bonchev–Trinajstić information content (AvgIpc) is 3.16. The quantitative estimate of drug-likeness (QED) is 0.326. The van der Waals surface area contributed by atoms with Crippen LogP contribution >= 0.6 is 35.0 Å². The molecule has 3 aromatic carbocycles. The number of anilines is 2. The van der Waals surface area contributed by atoms with E-state index in [4.69, 9.17) is 23.2 Å². The summed E-state index contributed by atoms with van der Waals surface area (Å²) in [5, 5.41) is 3.46. The molecular formula is C25H16Cl2F3N3O3S. The lowest BCUT2D eigenvalue weighted by Crippen LogP contribution is -2.31. The molecule has 0 bridgehead atoms. The maximum absolute atomic E-state index is 13.2. The number of para-hydroxylation sites is 1. The minimum atomic E-state index is -4.81. The monoisotopic (exact) mass is 565 g/mol. The summed E-state index contributed by atoms with van der Waals surface area (Å²) in [5.41, 5.74) is 1.45. The molecule has 0 saturated heterocycles. The van der Waals surface area contributed by atoms with Crippen LogP contribution in [-0.4, -0.2) is 29.1 Å². The van der Waals surface area contributed by atoms with Crippen LogP contribution in [0.3, 0.4) is 0 Å². The van der Waals surface area contributed by atoms with E-state index in [1.165, 1.54) is 23.1 Å². The second-order valence-electron chi connectivity index (χ2n) is 7.45. The molecule has 1 heterocycles. The second kappa shape index (κ2) is 11.3. The van der Waals surface area contributed by atoms with Crippen LogP contribution in [0.15, 0.2) is 83.5 Å². The smallest absolute Gasteiger partial charge is 0.406 e. The summed E-state index contributed by atoms with van der Waals surface area (Å²) < 4.78 is 40.8. The molecule has 3 aromatic rings. The van der Waals surface area contributed by atoms with Crippen LogP contribution in [0.2, 0.25) is 10.0 Å². The van der Waals surface area contributed by atoms with Crippen LogP contribution in [0.1, 0.15) is 5.56 Å². The van der Waals surface area contributed by atoms with Gasteiger partial charge in [0.25, 0.3) is 5.91 Å². The third kappa shape index (κ3) is 6.85. The molecule has 6 nitrogen and oxygen atoms in total. The van der Waals surface area contributed by atoms with Crippen LogP contribution in [0, 0.1) is 0 Å². The number of nitrogens with one attached hydrogen (secondary N) is 1. The summed E-state index contributed by atoms with van der Waals surface area (Å²) in [6, 6.07) is 18.5. The molecule has 2 amide bonds. The molecular weight excluding hydrogens is 550 g/mol. The fourth-order valence-corrected chi connectivity index (χ4v) is 4.42. The topological polar surface area (TPSA) is 71.0 Å². The summed E-state index contributed by atoms with van der Waals surface area (Å²) in [5.74, 6) is -1.39. The van der Waals surface area contributed by atoms with E-state index in [1.807, 2.05) is 0 Å². The highest BCUT2D eigenvalue weighted by Gasteiger charge is 2.33. The molecule has 1 N–H and O–H groups in total. The van der Waals surface area contributed by atoms with Gasteiger partial charge in [-0.1, -0.05) is 65.3 Å². The number of alkyl halides is 3. The Kier molecular flexibility index (Phi) is 8.11. The fraction of sp³-hybridized carbons (Fsp3) is 0.0800. The number of amides is 2. The highest BCUT2D eigenvalue weighted by Crippen LogP contribution is 2.32. The van der Waals surface area contributed by atoms with Gasteiger partial charge in [0.15, 0.2) is 5.17 Å². The number of ether oxygens (including phenoxy) is 1. The second-order valence-corrected chi connectivity index (χ2v) is 9.18. The number of amidine groups is 1. The number of hydrogen-bond donors (Lipinski definition) is 1. The number of halogens is 5. The van der Waals surface area contributed by atoms with Gasteiger partial charge in [0.2, 0.25) is 5.91 Å². The Morgan fingerprint density at radius 1 is 1.03 bits per heavy atom. The van der Waals surface area contributed by atoms with Gasteiger partial charge in [-0.15, -0.1) is 13.2 Å². The molecule has 0 aromatic heterocycles. The molecule has 190 valence electrons. The van der Waals surface area contributed by atoms with Crippen molar-refractivity contribution in [2.75, 3.05) is 16.0 Å². The van der Waals surface area contributed by atoms with Crippen LogP contribution in [0.25, 0.3) is 6.08 Å². The van der Waals surface area contributed by atoms with Crippen LogP contribution in [0.5, 0.6) is 5.75 Å². The fourth-order valence-electron chi connectivity index (χ4n) is 3.24. The number of aliphatic imine (C=N–C) groups is 1. The van der Waals surface area contributed by atoms with Crippen LogP contribution in [0.4, 0.5) is 24.5 Å². The Balaban J connectivity index is 1.50. The molecule has 0 saturated carbocycles. The Morgan fingerprint density at radius 2 is 1.73 bits per heavy atom. The first-order chi connectivity index (χ1) is 17.6. The third-order valence-electron chi connectivity index (χ3n) is 4.82. The molecule has 37 heavy (non-hydrogen) atoms. The van der Waals surface area contributed by atoms with E-state index < -0.39 is 23.9 Å². The van der Waals surface area contributed by atoms with Gasteiger partial charge in [-0.25, -0.2) is 4.99 Å². The van der Waals surface area contributed by atoms with Gasteiger partial charge >= 0.3 is 6.36 Å². The lowest BCUT2D eigenvalue weighted by atomic mass is 10.2. The van der Waals surface area contributed by atoms with Crippen molar-refractivity contribution in [3.63, 3.8) is 0 Å². The SMILES string of the molecule is O=C(CSC1=NC(=Cc2cccc(Cl)c2Cl)C(=O)N1c1ccccc1)Nc1ccc(OC(F)(F)F)cc1. The number of benzene rings is 3. The van der Waals surface area contributed by atoms with Gasteiger partial charge in [0.1, 0.15) is 11.4 Å². The number of nitrogens with zero attached hydrogens (tertiary/aromatic N) is 2. The number of hydrogen-bond acceptors (Lipinski definition) is 5. The summed E-state index contributed by atoms with van der Waals surface area (Å²) in [6.45, 7) is 0. The van der Waals surface area contributed by atoms with Gasteiger partial charge in [-0.05, 0) is 54.1 Å². The van der Waals surface area contributed by atoms with E-state index in [9.17, 15) is 22.8 Å². The predicted molar refractivity (Wildman–Crippen MR) is 140 cm³/mol. The van der Waals surface area contributed by atoms with E-state index >= 15 is 0 Å². The highest BCUT2D eigenvalue weighted by atomic mass is 35.5. The Hall–Kier alpha value is -3.47. The Labute approximate surface area is 223 Å². The normalized spacial score (nSPS) is 14.6. The van der Waals surface area contributed by atoms with Crippen LogP contribution in [-0.2, 0) is 9.59 Å². The van der Waals surface area contributed by atoms with Crippen molar-refractivity contribution in [1.29, 1.82) is 0 Å². The molecule has 1 aliphatic heterocycles. The maximum atomic E-state index is 13.2. The maximum Gasteiger partial charge on any atom is 0.573 e. The molecule has 0 fully saturated rings. The largest absolute Gasteiger partial charge is 0.573 e. The number of carbonyl (C=O) groups excluding carboxylic acids is 2. The minimum Gasteiger partial charge on any atom is -0.406 e. The Bertz CT molecular complexity index is 1380. The number of rotatable bonds is 6.